The second kappa shape index (κ2) is 7.22. The van der Waals surface area contributed by atoms with Crippen LogP contribution < -0.4 is 4.72 Å². The number of aliphatic hydroxyl groups excluding tert-OH is 1. The van der Waals surface area contributed by atoms with E-state index in [2.05, 4.69) is 19.9 Å². The summed E-state index contributed by atoms with van der Waals surface area (Å²) >= 11 is 0. The van der Waals surface area contributed by atoms with Gasteiger partial charge in [0.15, 0.2) is 5.82 Å². The number of pyridine rings is 1. The van der Waals surface area contributed by atoms with Crippen molar-refractivity contribution in [1.29, 1.82) is 0 Å². The molecular weight excluding hydrogens is 404 g/mol. The molecule has 4 aromatic rings. The first-order chi connectivity index (χ1) is 14.2. The van der Waals surface area contributed by atoms with Gasteiger partial charge in [0.1, 0.15) is 4.90 Å². The van der Waals surface area contributed by atoms with Crippen LogP contribution in [0.2, 0.25) is 0 Å². The van der Waals surface area contributed by atoms with Gasteiger partial charge in [0.2, 0.25) is 0 Å². The van der Waals surface area contributed by atoms with Crippen LogP contribution in [0.5, 0.6) is 0 Å². The Balaban J connectivity index is 1.67. The molecule has 3 heterocycles. The molecule has 30 heavy (non-hydrogen) atoms. The maximum absolute atomic E-state index is 12.9. The Morgan fingerprint density at radius 2 is 1.97 bits per heavy atom. The number of rotatable bonds is 6. The van der Waals surface area contributed by atoms with Crippen LogP contribution in [0, 0.1) is 0 Å². The molecule has 0 aliphatic heterocycles. The molecule has 3 aromatic heterocycles. The van der Waals surface area contributed by atoms with E-state index in [0.29, 0.717) is 17.0 Å². The lowest BCUT2D eigenvalue weighted by molar-refractivity contribution is 0.218. The maximum atomic E-state index is 12.9. The van der Waals surface area contributed by atoms with Crippen LogP contribution in [-0.2, 0) is 22.5 Å². The fourth-order valence-corrected chi connectivity index (χ4v) is 4.14. The number of sulfonamides is 1. The van der Waals surface area contributed by atoms with Crippen molar-refractivity contribution in [2.24, 2.45) is 7.05 Å². The summed E-state index contributed by atoms with van der Waals surface area (Å²) < 4.78 is 31.5. The predicted octanol–water partition coefficient (Wildman–Crippen LogP) is 2.22. The number of aromatic nitrogens is 5. The molecule has 0 atom stereocenters. The maximum Gasteiger partial charge on any atom is 0.265 e. The number of aryl methyl sites for hydroxylation is 1. The zero-order chi connectivity index (χ0) is 21.5. The number of nitrogens with one attached hydrogen (secondary N) is 1. The summed E-state index contributed by atoms with van der Waals surface area (Å²) in [6, 6.07) is 8.92. The van der Waals surface area contributed by atoms with E-state index in [9.17, 15) is 13.5 Å². The van der Waals surface area contributed by atoms with Gasteiger partial charge in [-0.3, -0.25) is 9.40 Å². The second-order valence-corrected chi connectivity index (χ2v) is 9.36. The summed E-state index contributed by atoms with van der Waals surface area (Å²) in [7, 11) is -2.12. The van der Waals surface area contributed by atoms with Gasteiger partial charge in [0.25, 0.3) is 10.0 Å². The Kier molecular flexibility index (Phi) is 4.83. The molecule has 10 heteroatoms. The molecule has 0 unspecified atom stereocenters. The van der Waals surface area contributed by atoms with Crippen molar-refractivity contribution >= 4 is 26.6 Å². The van der Waals surface area contributed by atoms with E-state index in [1.807, 2.05) is 26.0 Å². The molecule has 0 saturated carbocycles. The smallest absolute Gasteiger partial charge is 0.265 e. The molecular formula is C20H22N6O3S. The molecule has 0 spiro atoms. The minimum absolute atomic E-state index is 0.00953. The van der Waals surface area contributed by atoms with Crippen LogP contribution in [-0.4, -0.2) is 44.7 Å². The highest BCUT2D eigenvalue weighted by Gasteiger charge is 2.22. The lowest BCUT2D eigenvalue weighted by Gasteiger charge is -2.22. The van der Waals surface area contributed by atoms with Crippen LogP contribution in [0.4, 0.5) is 5.69 Å². The average molecular weight is 427 g/mol. The zero-order valence-electron chi connectivity index (χ0n) is 16.8. The molecule has 1 aromatic carbocycles. The highest BCUT2D eigenvalue weighted by Crippen LogP contribution is 2.26. The van der Waals surface area contributed by atoms with Crippen molar-refractivity contribution in [1.82, 2.24) is 24.5 Å². The second-order valence-electron chi connectivity index (χ2n) is 7.68. The minimum atomic E-state index is -3.87. The van der Waals surface area contributed by atoms with Crippen LogP contribution >= 0.6 is 0 Å². The molecule has 0 amide bonds. The zero-order valence-corrected chi connectivity index (χ0v) is 17.6. The molecule has 0 bridgehead atoms. The number of hydrogen-bond donors (Lipinski definition) is 2. The van der Waals surface area contributed by atoms with Crippen molar-refractivity contribution in [3.05, 3.63) is 60.7 Å². The quantitative estimate of drug-likeness (QED) is 0.489. The standard InChI is InChI=1S/C20H22N6O3S/c1-20(2,13-27)15-7-8-21-18(9-15)26-12-16(11-23-26)30(28,29)24-17-6-4-5-14-10-22-25(3)19(14)17/h4-12,24,27H,13H2,1-3H3. The van der Waals surface area contributed by atoms with E-state index in [1.54, 1.807) is 42.3 Å². The Labute approximate surface area is 174 Å². The number of fused-ring (bicyclic) bond motifs is 1. The van der Waals surface area contributed by atoms with E-state index < -0.39 is 15.4 Å². The van der Waals surface area contributed by atoms with Crippen molar-refractivity contribution in [3.63, 3.8) is 0 Å². The Morgan fingerprint density at radius 1 is 1.17 bits per heavy atom. The largest absolute Gasteiger partial charge is 0.395 e. The third kappa shape index (κ3) is 3.55. The summed E-state index contributed by atoms with van der Waals surface area (Å²) in [6.07, 6.45) is 5.97. The summed E-state index contributed by atoms with van der Waals surface area (Å²) in [5.41, 5.74) is 1.54. The van der Waals surface area contributed by atoms with Crippen molar-refractivity contribution in [2.45, 2.75) is 24.2 Å². The first-order valence-corrected chi connectivity index (χ1v) is 10.8. The highest BCUT2D eigenvalue weighted by molar-refractivity contribution is 7.92. The van der Waals surface area contributed by atoms with Gasteiger partial charge in [-0.25, -0.2) is 18.1 Å². The first-order valence-electron chi connectivity index (χ1n) is 9.27. The molecule has 0 saturated heterocycles. The van der Waals surface area contributed by atoms with Gasteiger partial charge < -0.3 is 5.11 Å². The van der Waals surface area contributed by atoms with Crippen LogP contribution in [0.15, 0.2) is 60.0 Å². The summed E-state index contributed by atoms with van der Waals surface area (Å²) in [5, 5.41) is 18.8. The third-order valence-electron chi connectivity index (χ3n) is 5.03. The monoisotopic (exact) mass is 426 g/mol. The summed E-state index contributed by atoms with van der Waals surface area (Å²) in [6.45, 7) is 3.79. The van der Waals surface area contributed by atoms with Gasteiger partial charge in [0.05, 0.1) is 36.4 Å². The van der Waals surface area contributed by atoms with Gasteiger partial charge in [-0.05, 0) is 23.8 Å². The molecule has 2 N–H and O–H groups in total. The van der Waals surface area contributed by atoms with Gasteiger partial charge >= 0.3 is 0 Å². The minimum Gasteiger partial charge on any atom is -0.395 e. The third-order valence-corrected chi connectivity index (χ3v) is 6.35. The molecule has 0 aliphatic rings. The number of aliphatic hydroxyl groups is 1. The fraction of sp³-hybridized carbons (Fsp3) is 0.250. The lowest BCUT2D eigenvalue weighted by atomic mass is 9.86. The van der Waals surface area contributed by atoms with E-state index in [0.717, 1.165) is 10.9 Å². The average Bonchev–Trinajstić information content (AvgIpc) is 3.36. The van der Waals surface area contributed by atoms with Gasteiger partial charge in [-0.1, -0.05) is 26.0 Å². The van der Waals surface area contributed by atoms with Crippen molar-refractivity contribution in [3.8, 4) is 5.82 Å². The predicted molar refractivity (Wildman–Crippen MR) is 113 cm³/mol. The fourth-order valence-electron chi connectivity index (χ4n) is 3.15. The van der Waals surface area contributed by atoms with Crippen LogP contribution in [0.3, 0.4) is 0 Å². The molecule has 0 radical (unpaired) electrons. The molecule has 9 nitrogen and oxygen atoms in total. The van der Waals surface area contributed by atoms with E-state index in [1.165, 1.54) is 17.1 Å². The number of anilines is 1. The first kappa shape index (κ1) is 20.0. The van der Waals surface area contributed by atoms with Gasteiger partial charge in [-0.2, -0.15) is 10.2 Å². The Hall–Kier alpha value is -3.24. The topological polar surface area (TPSA) is 115 Å². The van der Waals surface area contributed by atoms with Crippen molar-refractivity contribution < 1.29 is 13.5 Å². The Bertz CT molecular complexity index is 1320. The summed E-state index contributed by atoms with van der Waals surface area (Å²) in [5.74, 6) is 0.462. The number of hydrogen-bond acceptors (Lipinski definition) is 6. The molecule has 4 rings (SSSR count). The molecule has 156 valence electrons. The highest BCUT2D eigenvalue weighted by atomic mass is 32.2. The molecule has 0 fully saturated rings. The van der Waals surface area contributed by atoms with Crippen LogP contribution in [0.25, 0.3) is 16.7 Å². The SMILES string of the molecule is Cn1ncc2cccc(NS(=O)(=O)c3cnn(-c4cc(C(C)(C)CO)ccn4)c3)c21. The number of para-hydroxylation sites is 1. The van der Waals surface area contributed by atoms with E-state index >= 15 is 0 Å². The number of nitrogens with zero attached hydrogens (tertiary/aromatic N) is 5. The van der Waals surface area contributed by atoms with Gasteiger partial charge in [-0.15, -0.1) is 0 Å². The molecule has 0 aliphatic carbocycles. The lowest BCUT2D eigenvalue weighted by Crippen LogP contribution is -2.22. The van der Waals surface area contributed by atoms with Crippen molar-refractivity contribution in [2.75, 3.05) is 11.3 Å². The summed E-state index contributed by atoms with van der Waals surface area (Å²) in [4.78, 5) is 4.28. The van der Waals surface area contributed by atoms with E-state index in [-0.39, 0.29) is 11.5 Å². The van der Waals surface area contributed by atoms with Crippen LogP contribution in [0.1, 0.15) is 19.4 Å². The normalized spacial score (nSPS) is 12.4. The van der Waals surface area contributed by atoms with Gasteiger partial charge in [0, 0.05) is 24.0 Å². The van der Waals surface area contributed by atoms with E-state index in [4.69, 9.17) is 0 Å². The number of benzene rings is 1. The Morgan fingerprint density at radius 3 is 2.73 bits per heavy atom.